The number of anilines is 1. The molecule has 0 heterocycles. The van der Waals surface area contributed by atoms with Crippen molar-refractivity contribution >= 4 is 27.3 Å². The fourth-order valence-corrected chi connectivity index (χ4v) is 3.67. The van der Waals surface area contributed by atoms with Gasteiger partial charge in [-0.1, -0.05) is 35.9 Å². The highest BCUT2D eigenvalue weighted by molar-refractivity contribution is 7.92. The van der Waals surface area contributed by atoms with Crippen molar-refractivity contribution < 1.29 is 8.42 Å². The largest absolute Gasteiger partial charge is 0.326 e. The summed E-state index contributed by atoms with van der Waals surface area (Å²) in [5.41, 5.74) is 7.77. The minimum absolute atomic E-state index is 0.149. The normalized spacial score (nSPS) is 11.4. The van der Waals surface area contributed by atoms with Crippen molar-refractivity contribution in [1.29, 1.82) is 0 Å². The first kappa shape index (κ1) is 15.8. The van der Waals surface area contributed by atoms with Gasteiger partial charge < -0.3 is 5.73 Å². The summed E-state index contributed by atoms with van der Waals surface area (Å²) >= 11 is 6.05. The zero-order valence-corrected chi connectivity index (χ0v) is 13.4. The topological polar surface area (TPSA) is 63.4 Å². The lowest BCUT2D eigenvalue weighted by atomic mass is 10.2. The first-order valence-corrected chi connectivity index (χ1v) is 8.23. The molecule has 2 rings (SSSR count). The van der Waals surface area contributed by atoms with Gasteiger partial charge in [-0.3, -0.25) is 4.31 Å². The van der Waals surface area contributed by atoms with E-state index in [1.807, 2.05) is 19.1 Å². The number of hydrogen-bond donors (Lipinski definition) is 1. The van der Waals surface area contributed by atoms with Gasteiger partial charge in [0.15, 0.2) is 0 Å². The number of nitrogens with two attached hydrogens (primary N) is 1. The van der Waals surface area contributed by atoms with Crippen molar-refractivity contribution in [2.24, 2.45) is 5.73 Å². The maximum Gasteiger partial charge on any atom is 0.264 e. The molecule has 0 aromatic heterocycles. The SMILES string of the molecule is Cc1ccccc1N(C)S(=O)(=O)c1ccc(CN)c(Cl)c1. The zero-order valence-electron chi connectivity index (χ0n) is 11.9. The molecule has 2 aromatic carbocycles. The van der Waals surface area contributed by atoms with Gasteiger partial charge in [0.05, 0.1) is 10.6 Å². The first-order valence-electron chi connectivity index (χ1n) is 6.41. The van der Waals surface area contributed by atoms with Gasteiger partial charge >= 0.3 is 0 Å². The number of nitrogens with zero attached hydrogens (tertiary/aromatic N) is 1. The van der Waals surface area contributed by atoms with Crippen LogP contribution in [0.25, 0.3) is 0 Å². The van der Waals surface area contributed by atoms with Crippen LogP contribution in [0, 0.1) is 6.92 Å². The van der Waals surface area contributed by atoms with Crippen LogP contribution in [0.5, 0.6) is 0 Å². The highest BCUT2D eigenvalue weighted by Crippen LogP contribution is 2.27. The predicted octanol–water partition coefficient (Wildman–Crippen LogP) is 2.93. The Balaban J connectivity index is 2.47. The first-order chi connectivity index (χ1) is 9.87. The molecule has 112 valence electrons. The molecule has 0 aliphatic heterocycles. The molecule has 0 fully saturated rings. The third kappa shape index (κ3) is 3.05. The van der Waals surface area contributed by atoms with Gasteiger partial charge in [-0.05, 0) is 36.2 Å². The van der Waals surface area contributed by atoms with E-state index in [2.05, 4.69) is 0 Å². The van der Waals surface area contributed by atoms with Crippen molar-refractivity contribution in [3.8, 4) is 0 Å². The molecule has 0 atom stereocenters. The third-order valence-electron chi connectivity index (χ3n) is 3.36. The van der Waals surface area contributed by atoms with Crippen LogP contribution in [0.3, 0.4) is 0 Å². The Morgan fingerprint density at radius 3 is 2.43 bits per heavy atom. The van der Waals surface area contributed by atoms with E-state index >= 15 is 0 Å². The molecule has 4 nitrogen and oxygen atoms in total. The van der Waals surface area contributed by atoms with Crippen molar-refractivity contribution in [1.82, 2.24) is 0 Å². The Morgan fingerprint density at radius 2 is 1.86 bits per heavy atom. The number of benzene rings is 2. The number of aryl methyl sites for hydroxylation is 1. The van der Waals surface area contributed by atoms with Crippen LogP contribution in [-0.4, -0.2) is 15.5 Å². The standard InChI is InChI=1S/C15H17ClN2O2S/c1-11-5-3-4-6-15(11)18(2)21(19,20)13-8-7-12(10-17)14(16)9-13/h3-9H,10,17H2,1-2H3. The average Bonchev–Trinajstić information content (AvgIpc) is 2.47. The van der Waals surface area contributed by atoms with Crippen LogP contribution in [0.1, 0.15) is 11.1 Å². The molecule has 0 saturated carbocycles. The van der Waals surface area contributed by atoms with E-state index in [1.54, 1.807) is 18.2 Å². The Hall–Kier alpha value is -1.56. The van der Waals surface area contributed by atoms with E-state index in [9.17, 15) is 8.42 Å². The van der Waals surface area contributed by atoms with Crippen LogP contribution in [0.15, 0.2) is 47.4 Å². The fourth-order valence-electron chi connectivity index (χ4n) is 2.06. The van der Waals surface area contributed by atoms with Gasteiger partial charge in [0, 0.05) is 18.6 Å². The fraction of sp³-hybridized carbons (Fsp3) is 0.200. The monoisotopic (exact) mass is 324 g/mol. The quantitative estimate of drug-likeness (QED) is 0.940. The van der Waals surface area contributed by atoms with Crippen molar-refractivity contribution in [3.05, 3.63) is 58.6 Å². The molecule has 0 aliphatic carbocycles. The molecule has 0 radical (unpaired) electrons. The molecule has 0 saturated heterocycles. The zero-order chi connectivity index (χ0) is 15.6. The number of halogens is 1. The molecule has 0 amide bonds. The number of rotatable bonds is 4. The second-order valence-corrected chi connectivity index (χ2v) is 7.09. The van der Waals surface area contributed by atoms with E-state index in [4.69, 9.17) is 17.3 Å². The Labute approximate surface area is 130 Å². The van der Waals surface area contributed by atoms with Gasteiger partial charge in [0.1, 0.15) is 0 Å². The number of para-hydroxylation sites is 1. The summed E-state index contributed by atoms with van der Waals surface area (Å²) in [6.45, 7) is 2.14. The minimum atomic E-state index is -3.65. The molecular formula is C15H17ClN2O2S. The summed E-state index contributed by atoms with van der Waals surface area (Å²) in [4.78, 5) is 0.149. The summed E-state index contributed by atoms with van der Waals surface area (Å²) in [7, 11) is -2.12. The maximum atomic E-state index is 12.7. The molecule has 0 aliphatic rings. The van der Waals surface area contributed by atoms with Gasteiger partial charge in [0.2, 0.25) is 0 Å². The third-order valence-corrected chi connectivity index (χ3v) is 5.48. The number of hydrogen-bond acceptors (Lipinski definition) is 3. The Kier molecular flexibility index (Phi) is 4.56. The van der Waals surface area contributed by atoms with E-state index in [1.165, 1.54) is 23.5 Å². The maximum absolute atomic E-state index is 12.7. The highest BCUT2D eigenvalue weighted by atomic mass is 35.5. The van der Waals surface area contributed by atoms with E-state index in [0.29, 0.717) is 16.3 Å². The van der Waals surface area contributed by atoms with Crippen LogP contribution in [0.4, 0.5) is 5.69 Å². The molecule has 0 unspecified atom stereocenters. The molecule has 2 aromatic rings. The van der Waals surface area contributed by atoms with Crippen LogP contribution in [0.2, 0.25) is 5.02 Å². The molecule has 6 heteroatoms. The van der Waals surface area contributed by atoms with Crippen molar-refractivity contribution in [3.63, 3.8) is 0 Å². The lowest BCUT2D eigenvalue weighted by Gasteiger charge is -2.21. The highest BCUT2D eigenvalue weighted by Gasteiger charge is 2.23. The Bertz CT molecular complexity index is 760. The van der Waals surface area contributed by atoms with Gasteiger partial charge in [-0.2, -0.15) is 0 Å². The molecular weight excluding hydrogens is 308 g/mol. The van der Waals surface area contributed by atoms with Crippen molar-refractivity contribution in [2.75, 3.05) is 11.4 Å². The van der Waals surface area contributed by atoms with Gasteiger partial charge in [-0.15, -0.1) is 0 Å². The van der Waals surface area contributed by atoms with E-state index in [0.717, 1.165) is 5.56 Å². The van der Waals surface area contributed by atoms with Crippen LogP contribution in [-0.2, 0) is 16.6 Å². The Morgan fingerprint density at radius 1 is 1.19 bits per heavy atom. The van der Waals surface area contributed by atoms with Gasteiger partial charge in [-0.25, -0.2) is 8.42 Å². The lowest BCUT2D eigenvalue weighted by molar-refractivity contribution is 0.594. The number of sulfonamides is 1. The van der Waals surface area contributed by atoms with Crippen LogP contribution < -0.4 is 10.0 Å². The van der Waals surface area contributed by atoms with E-state index < -0.39 is 10.0 Å². The summed E-state index contributed by atoms with van der Waals surface area (Å²) < 4.78 is 26.6. The van der Waals surface area contributed by atoms with Crippen molar-refractivity contribution in [2.45, 2.75) is 18.4 Å². The molecule has 0 bridgehead atoms. The van der Waals surface area contributed by atoms with Crippen LogP contribution >= 0.6 is 11.6 Å². The predicted molar refractivity (Wildman–Crippen MR) is 86.1 cm³/mol. The second kappa shape index (κ2) is 6.05. The molecule has 21 heavy (non-hydrogen) atoms. The summed E-state index contributed by atoms with van der Waals surface area (Å²) in [6.07, 6.45) is 0. The second-order valence-electron chi connectivity index (χ2n) is 4.72. The average molecular weight is 325 g/mol. The minimum Gasteiger partial charge on any atom is -0.326 e. The smallest absolute Gasteiger partial charge is 0.264 e. The van der Waals surface area contributed by atoms with Gasteiger partial charge in [0.25, 0.3) is 10.0 Å². The summed E-state index contributed by atoms with van der Waals surface area (Å²) in [6, 6.07) is 11.9. The lowest BCUT2D eigenvalue weighted by Crippen LogP contribution is -2.27. The summed E-state index contributed by atoms with van der Waals surface area (Å²) in [5, 5.41) is 0.358. The molecule has 0 spiro atoms. The molecule has 2 N–H and O–H groups in total. The summed E-state index contributed by atoms with van der Waals surface area (Å²) in [5.74, 6) is 0. The van der Waals surface area contributed by atoms with E-state index in [-0.39, 0.29) is 11.4 Å².